The van der Waals surface area contributed by atoms with Gasteiger partial charge >= 0.3 is 0 Å². The lowest BCUT2D eigenvalue weighted by Crippen LogP contribution is -1.99. The third kappa shape index (κ3) is 2.64. The highest BCUT2D eigenvalue weighted by molar-refractivity contribution is 9.10. The zero-order chi connectivity index (χ0) is 14.1. The van der Waals surface area contributed by atoms with Crippen molar-refractivity contribution in [1.29, 1.82) is 0 Å². The molecular weight excluding hydrogens is 346 g/mol. The van der Waals surface area contributed by atoms with Gasteiger partial charge in [-0.3, -0.25) is 0 Å². The second-order valence-corrected chi connectivity index (χ2v) is 5.58. The molecule has 0 fully saturated rings. The number of aromatic hydroxyl groups is 1. The monoisotopic (exact) mass is 355 g/mol. The molecule has 0 bridgehead atoms. The molecule has 1 heterocycles. The number of halogens is 2. The number of nitrogens with one attached hydrogen (secondary N) is 1. The molecule has 3 rings (SSSR count). The van der Waals surface area contributed by atoms with Gasteiger partial charge in [0.1, 0.15) is 5.75 Å². The van der Waals surface area contributed by atoms with Gasteiger partial charge in [0.25, 0.3) is 0 Å². The van der Waals surface area contributed by atoms with Crippen LogP contribution in [0.4, 0.5) is 5.69 Å². The quantitative estimate of drug-likeness (QED) is 0.867. The molecule has 0 unspecified atom stereocenters. The standard InChI is InChI=1S/C14H11BrClNO3/c15-10-4-9(1-2-11(10)16)17-6-8-3-13-14(5-12(8)18)20-7-19-13/h1-5,17-18H,6-7H2. The summed E-state index contributed by atoms with van der Waals surface area (Å²) in [5.74, 6) is 1.40. The van der Waals surface area contributed by atoms with Gasteiger partial charge in [-0.15, -0.1) is 0 Å². The fourth-order valence-electron chi connectivity index (χ4n) is 1.92. The molecule has 1 aliphatic heterocycles. The lowest BCUT2D eigenvalue weighted by Gasteiger charge is -2.10. The summed E-state index contributed by atoms with van der Waals surface area (Å²) in [6.45, 7) is 0.659. The van der Waals surface area contributed by atoms with Crippen molar-refractivity contribution in [2.75, 3.05) is 12.1 Å². The van der Waals surface area contributed by atoms with Gasteiger partial charge in [0.05, 0.1) is 5.02 Å². The highest BCUT2D eigenvalue weighted by atomic mass is 79.9. The van der Waals surface area contributed by atoms with Gasteiger partial charge in [0, 0.05) is 28.3 Å². The number of ether oxygens (including phenoxy) is 2. The van der Waals surface area contributed by atoms with Gasteiger partial charge in [-0.05, 0) is 40.2 Å². The van der Waals surface area contributed by atoms with E-state index < -0.39 is 0 Å². The summed E-state index contributed by atoms with van der Waals surface area (Å²) in [6.07, 6.45) is 0. The molecule has 2 N–H and O–H groups in total. The minimum absolute atomic E-state index is 0.176. The number of benzene rings is 2. The predicted molar refractivity (Wildman–Crippen MR) is 80.7 cm³/mol. The molecule has 0 saturated carbocycles. The normalized spacial score (nSPS) is 12.5. The molecule has 4 nitrogen and oxygen atoms in total. The van der Waals surface area contributed by atoms with Crippen LogP contribution in [-0.2, 0) is 6.54 Å². The van der Waals surface area contributed by atoms with Crippen LogP contribution in [0.25, 0.3) is 0 Å². The maximum Gasteiger partial charge on any atom is 0.231 e. The Morgan fingerprint density at radius 3 is 2.70 bits per heavy atom. The van der Waals surface area contributed by atoms with E-state index in [4.69, 9.17) is 21.1 Å². The van der Waals surface area contributed by atoms with Crippen LogP contribution < -0.4 is 14.8 Å². The Kier molecular flexibility index (Phi) is 3.63. The molecular formula is C14H11BrClNO3. The van der Waals surface area contributed by atoms with Crippen LogP contribution in [0.5, 0.6) is 17.2 Å². The first-order valence-electron chi connectivity index (χ1n) is 5.94. The number of phenolic OH excluding ortho intramolecular Hbond substituents is 1. The average molecular weight is 357 g/mol. The van der Waals surface area contributed by atoms with Crippen LogP contribution in [-0.4, -0.2) is 11.9 Å². The van der Waals surface area contributed by atoms with E-state index in [1.807, 2.05) is 12.1 Å². The number of rotatable bonds is 3. The Bertz CT molecular complexity index is 663. The summed E-state index contributed by atoms with van der Waals surface area (Å²) < 4.78 is 11.3. The van der Waals surface area contributed by atoms with E-state index in [9.17, 15) is 5.11 Å². The van der Waals surface area contributed by atoms with Crippen molar-refractivity contribution in [2.24, 2.45) is 0 Å². The first-order valence-corrected chi connectivity index (χ1v) is 7.11. The third-order valence-corrected chi connectivity index (χ3v) is 4.19. The van der Waals surface area contributed by atoms with Crippen LogP contribution in [0, 0.1) is 0 Å². The summed E-state index contributed by atoms with van der Waals surface area (Å²) in [7, 11) is 0. The number of anilines is 1. The maximum atomic E-state index is 9.95. The van der Waals surface area contributed by atoms with Crippen molar-refractivity contribution in [2.45, 2.75) is 6.54 Å². The summed E-state index contributed by atoms with van der Waals surface area (Å²) >= 11 is 9.31. The molecule has 0 amide bonds. The predicted octanol–water partition coefficient (Wildman–Crippen LogP) is 4.15. The largest absolute Gasteiger partial charge is 0.507 e. The fourth-order valence-corrected chi connectivity index (χ4v) is 2.41. The van der Waals surface area contributed by atoms with E-state index in [0.717, 1.165) is 15.7 Å². The average Bonchev–Trinajstić information content (AvgIpc) is 2.87. The van der Waals surface area contributed by atoms with E-state index in [-0.39, 0.29) is 12.5 Å². The molecule has 0 atom stereocenters. The lowest BCUT2D eigenvalue weighted by molar-refractivity contribution is 0.174. The molecule has 0 aliphatic carbocycles. The highest BCUT2D eigenvalue weighted by Gasteiger charge is 2.16. The molecule has 0 radical (unpaired) electrons. The summed E-state index contributed by atoms with van der Waals surface area (Å²) in [4.78, 5) is 0. The van der Waals surface area contributed by atoms with Crippen molar-refractivity contribution in [3.05, 3.63) is 45.4 Å². The smallest absolute Gasteiger partial charge is 0.231 e. The second-order valence-electron chi connectivity index (χ2n) is 4.32. The van der Waals surface area contributed by atoms with Gasteiger partial charge in [-0.2, -0.15) is 0 Å². The number of fused-ring (bicyclic) bond motifs is 1. The van der Waals surface area contributed by atoms with E-state index >= 15 is 0 Å². The fraction of sp³-hybridized carbons (Fsp3) is 0.143. The zero-order valence-corrected chi connectivity index (χ0v) is 12.7. The van der Waals surface area contributed by atoms with Crippen molar-refractivity contribution in [3.8, 4) is 17.2 Å². The summed E-state index contributed by atoms with van der Waals surface area (Å²) in [5.41, 5.74) is 1.64. The summed E-state index contributed by atoms with van der Waals surface area (Å²) in [5, 5.41) is 13.8. The zero-order valence-electron chi connectivity index (χ0n) is 10.3. The Hall–Kier alpha value is -1.59. The van der Waals surface area contributed by atoms with Crippen LogP contribution in [0.15, 0.2) is 34.8 Å². The van der Waals surface area contributed by atoms with E-state index in [1.165, 1.54) is 0 Å². The maximum absolute atomic E-state index is 9.95. The molecule has 0 aromatic heterocycles. The molecule has 1 aliphatic rings. The topological polar surface area (TPSA) is 50.7 Å². The Balaban J connectivity index is 1.76. The number of hydrogen-bond donors (Lipinski definition) is 2. The Morgan fingerprint density at radius 2 is 1.95 bits per heavy atom. The van der Waals surface area contributed by atoms with Gasteiger partial charge in [-0.25, -0.2) is 0 Å². The Morgan fingerprint density at radius 1 is 1.20 bits per heavy atom. The minimum Gasteiger partial charge on any atom is -0.507 e. The van der Waals surface area contributed by atoms with Crippen LogP contribution in [0.1, 0.15) is 5.56 Å². The highest BCUT2D eigenvalue weighted by Crippen LogP contribution is 2.37. The molecule has 6 heteroatoms. The molecule has 20 heavy (non-hydrogen) atoms. The van der Waals surface area contributed by atoms with Gasteiger partial charge in [0.2, 0.25) is 6.79 Å². The van der Waals surface area contributed by atoms with E-state index in [2.05, 4.69) is 21.2 Å². The van der Waals surface area contributed by atoms with Gasteiger partial charge < -0.3 is 19.9 Å². The molecule has 0 spiro atoms. The van der Waals surface area contributed by atoms with Crippen LogP contribution in [0.3, 0.4) is 0 Å². The van der Waals surface area contributed by atoms with Gasteiger partial charge in [-0.1, -0.05) is 11.6 Å². The SMILES string of the molecule is Oc1cc2c(cc1CNc1ccc(Cl)c(Br)c1)OCO2. The number of phenols is 1. The lowest BCUT2D eigenvalue weighted by atomic mass is 10.1. The second kappa shape index (κ2) is 5.42. The number of hydrogen-bond acceptors (Lipinski definition) is 4. The first-order chi connectivity index (χ1) is 9.63. The van der Waals surface area contributed by atoms with E-state index in [0.29, 0.717) is 23.1 Å². The molecule has 104 valence electrons. The molecule has 0 saturated heterocycles. The van der Waals surface area contributed by atoms with Crippen LogP contribution in [0.2, 0.25) is 5.02 Å². The van der Waals surface area contributed by atoms with Gasteiger partial charge in [0.15, 0.2) is 11.5 Å². The summed E-state index contributed by atoms with van der Waals surface area (Å²) in [6, 6.07) is 8.89. The first kappa shape index (κ1) is 13.4. The third-order valence-electron chi connectivity index (χ3n) is 2.98. The van der Waals surface area contributed by atoms with Crippen molar-refractivity contribution in [3.63, 3.8) is 0 Å². The van der Waals surface area contributed by atoms with Crippen molar-refractivity contribution >= 4 is 33.2 Å². The minimum atomic E-state index is 0.176. The molecule has 2 aromatic carbocycles. The van der Waals surface area contributed by atoms with E-state index in [1.54, 1.807) is 18.2 Å². The van der Waals surface area contributed by atoms with Crippen LogP contribution >= 0.6 is 27.5 Å². The molecule has 2 aromatic rings. The van der Waals surface area contributed by atoms with Crippen molar-refractivity contribution < 1.29 is 14.6 Å². The van der Waals surface area contributed by atoms with Crippen molar-refractivity contribution in [1.82, 2.24) is 0 Å². The Labute approximate surface area is 129 Å².